The number of hydrogen-bond acceptors (Lipinski definition) is 4. The lowest BCUT2D eigenvalue weighted by Gasteiger charge is -2.10. The van der Waals surface area contributed by atoms with Crippen molar-refractivity contribution in [2.45, 2.75) is 12.8 Å². The van der Waals surface area contributed by atoms with Gasteiger partial charge in [0, 0.05) is 55.0 Å². The van der Waals surface area contributed by atoms with Gasteiger partial charge >= 0.3 is 0 Å². The molecule has 1 fully saturated rings. The quantitative estimate of drug-likeness (QED) is 0.736. The van der Waals surface area contributed by atoms with Crippen LogP contribution in [0.2, 0.25) is 0 Å². The maximum atomic E-state index is 12.5. The Bertz CT molecular complexity index is 930. The van der Waals surface area contributed by atoms with E-state index < -0.39 is 0 Å². The van der Waals surface area contributed by atoms with Crippen LogP contribution in [0.15, 0.2) is 42.9 Å². The first-order valence-electron chi connectivity index (χ1n) is 8.67. The Balaban J connectivity index is 1.59. The van der Waals surface area contributed by atoms with Gasteiger partial charge in [0.25, 0.3) is 0 Å². The second-order valence-corrected chi connectivity index (χ2v) is 7.03. The number of rotatable bonds is 4. The molecule has 2 aromatic heterocycles. The van der Waals surface area contributed by atoms with E-state index in [0.29, 0.717) is 12.2 Å². The number of Topliss-reactive ketones (excluding diaryl/α,β-unsaturated/α-hetero) is 1. The zero-order chi connectivity index (χ0) is 17.4. The van der Waals surface area contributed by atoms with E-state index in [1.807, 2.05) is 31.7 Å². The first-order chi connectivity index (χ1) is 12.1. The number of likely N-dealkylation sites (tertiary alicyclic amines) is 1. The van der Waals surface area contributed by atoms with Gasteiger partial charge in [0.15, 0.2) is 0 Å². The number of ketones is 1. The molecule has 1 aromatic carbocycles. The second kappa shape index (κ2) is 6.41. The Hall–Kier alpha value is -2.53. The summed E-state index contributed by atoms with van der Waals surface area (Å²) in [5.74, 6) is 0.462. The fourth-order valence-electron chi connectivity index (χ4n) is 3.55. The normalized spacial score (nSPS) is 18.1. The highest BCUT2D eigenvalue weighted by molar-refractivity contribution is 5.88. The number of pyridine rings is 1. The topological polar surface area (TPSA) is 51.0 Å². The molecule has 0 bridgehead atoms. The molecule has 128 valence electrons. The van der Waals surface area contributed by atoms with Gasteiger partial charge in [-0.25, -0.2) is 0 Å². The highest BCUT2D eigenvalue weighted by Crippen LogP contribution is 2.25. The molecule has 0 aliphatic carbocycles. The van der Waals surface area contributed by atoms with Crippen LogP contribution in [-0.4, -0.2) is 45.6 Å². The molecule has 5 heteroatoms. The zero-order valence-corrected chi connectivity index (χ0v) is 14.6. The summed E-state index contributed by atoms with van der Waals surface area (Å²) in [7, 11) is 3.99. The summed E-state index contributed by atoms with van der Waals surface area (Å²) in [6, 6.07) is 8.35. The average Bonchev–Trinajstić information content (AvgIpc) is 3.23. The molecule has 5 nitrogen and oxygen atoms in total. The van der Waals surface area contributed by atoms with E-state index in [9.17, 15) is 4.79 Å². The lowest BCUT2D eigenvalue weighted by molar-refractivity contribution is -0.121. The molecular formula is C20H22N4O. The summed E-state index contributed by atoms with van der Waals surface area (Å²) in [4.78, 5) is 19.2. The van der Waals surface area contributed by atoms with E-state index in [1.54, 1.807) is 4.68 Å². The summed E-state index contributed by atoms with van der Waals surface area (Å²) >= 11 is 0. The largest absolute Gasteiger partial charge is 0.306 e. The van der Waals surface area contributed by atoms with Crippen LogP contribution in [0.25, 0.3) is 21.9 Å². The smallest absolute Gasteiger partial charge is 0.143 e. The van der Waals surface area contributed by atoms with Crippen LogP contribution >= 0.6 is 0 Å². The van der Waals surface area contributed by atoms with Gasteiger partial charge in [-0.15, -0.1) is 0 Å². The Kier molecular flexibility index (Phi) is 4.09. The third-order valence-corrected chi connectivity index (χ3v) is 5.02. The molecule has 1 saturated heterocycles. The van der Waals surface area contributed by atoms with Crippen LogP contribution in [0.1, 0.15) is 12.1 Å². The Morgan fingerprint density at radius 2 is 2.04 bits per heavy atom. The minimum absolute atomic E-state index is 0.157. The molecule has 1 atom stereocenters. The maximum absolute atomic E-state index is 12.5. The van der Waals surface area contributed by atoms with Crippen molar-refractivity contribution in [3.8, 4) is 11.1 Å². The predicted octanol–water partition coefficient (Wildman–Crippen LogP) is 2.70. The number of carbonyl (C=O) groups excluding carboxylic acids is 1. The van der Waals surface area contributed by atoms with Crippen molar-refractivity contribution in [3.05, 3.63) is 48.5 Å². The van der Waals surface area contributed by atoms with E-state index in [-0.39, 0.29) is 5.92 Å². The third kappa shape index (κ3) is 3.33. The SMILES string of the molecule is CN1CCC(C(=O)Cc2cc3cc(-c4cnn(C)c4)ccc3cn2)C1. The predicted molar refractivity (Wildman–Crippen MR) is 98.3 cm³/mol. The number of fused-ring (bicyclic) bond motifs is 1. The standard InChI is InChI=1S/C20H22N4O/c1-23-6-5-16(12-23)20(25)9-19-8-17-7-14(3-4-15(17)10-21-19)18-11-22-24(2)13-18/h3-4,7-8,10-11,13,16H,5-6,9,12H2,1-2H3. The molecule has 25 heavy (non-hydrogen) atoms. The molecule has 0 amide bonds. The summed E-state index contributed by atoms with van der Waals surface area (Å²) < 4.78 is 1.80. The molecule has 1 unspecified atom stereocenters. The Morgan fingerprint density at radius 3 is 2.76 bits per heavy atom. The van der Waals surface area contributed by atoms with Gasteiger partial charge in [-0.3, -0.25) is 14.5 Å². The van der Waals surface area contributed by atoms with Crippen molar-refractivity contribution in [2.75, 3.05) is 20.1 Å². The van der Waals surface area contributed by atoms with Crippen LogP contribution < -0.4 is 0 Å². The second-order valence-electron chi connectivity index (χ2n) is 7.03. The van der Waals surface area contributed by atoms with Gasteiger partial charge in [-0.2, -0.15) is 5.10 Å². The number of nitrogens with zero attached hydrogens (tertiary/aromatic N) is 4. The maximum Gasteiger partial charge on any atom is 0.143 e. The Labute approximate surface area is 147 Å². The van der Waals surface area contributed by atoms with E-state index in [2.05, 4.69) is 40.2 Å². The van der Waals surface area contributed by atoms with Crippen LogP contribution in [0, 0.1) is 5.92 Å². The van der Waals surface area contributed by atoms with Gasteiger partial charge in [0.05, 0.1) is 6.20 Å². The molecular weight excluding hydrogens is 312 g/mol. The van der Waals surface area contributed by atoms with Gasteiger partial charge in [0.2, 0.25) is 0 Å². The van der Waals surface area contributed by atoms with E-state index >= 15 is 0 Å². The lowest BCUT2D eigenvalue weighted by atomic mass is 9.98. The molecule has 3 heterocycles. The molecule has 3 aromatic rings. The highest BCUT2D eigenvalue weighted by Gasteiger charge is 2.26. The van der Waals surface area contributed by atoms with Crippen LogP contribution in [0.5, 0.6) is 0 Å². The number of aromatic nitrogens is 3. The molecule has 0 spiro atoms. The minimum Gasteiger partial charge on any atom is -0.306 e. The molecule has 0 radical (unpaired) electrons. The molecule has 4 rings (SSSR count). The lowest BCUT2D eigenvalue weighted by Crippen LogP contribution is -2.21. The summed E-state index contributed by atoms with van der Waals surface area (Å²) in [6.07, 6.45) is 7.12. The molecule has 0 saturated carbocycles. The van der Waals surface area contributed by atoms with Crippen molar-refractivity contribution in [1.29, 1.82) is 0 Å². The van der Waals surface area contributed by atoms with Crippen molar-refractivity contribution in [1.82, 2.24) is 19.7 Å². The number of benzene rings is 1. The van der Waals surface area contributed by atoms with Crippen molar-refractivity contribution in [2.24, 2.45) is 13.0 Å². The van der Waals surface area contributed by atoms with Crippen LogP contribution in [0.4, 0.5) is 0 Å². The van der Waals surface area contributed by atoms with Gasteiger partial charge < -0.3 is 4.90 Å². The fourth-order valence-corrected chi connectivity index (χ4v) is 3.55. The number of aryl methyl sites for hydroxylation is 1. The van der Waals surface area contributed by atoms with E-state index in [4.69, 9.17) is 0 Å². The Morgan fingerprint density at radius 1 is 1.16 bits per heavy atom. The van der Waals surface area contributed by atoms with Crippen molar-refractivity contribution in [3.63, 3.8) is 0 Å². The average molecular weight is 334 g/mol. The molecule has 0 N–H and O–H groups in total. The molecule has 1 aliphatic rings. The fraction of sp³-hybridized carbons (Fsp3) is 0.350. The van der Waals surface area contributed by atoms with Gasteiger partial charge in [-0.05, 0) is 43.1 Å². The summed E-state index contributed by atoms with van der Waals surface area (Å²) in [5.41, 5.74) is 3.07. The summed E-state index contributed by atoms with van der Waals surface area (Å²) in [6.45, 7) is 1.88. The number of hydrogen-bond donors (Lipinski definition) is 0. The first kappa shape index (κ1) is 16.0. The van der Waals surface area contributed by atoms with Gasteiger partial charge in [-0.1, -0.05) is 12.1 Å². The monoisotopic (exact) mass is 334 g/mol. The number of carbonyl (C=O) groups is 1. The third-order valence-electron chi connectivity index (χ3n) is 5.02. The van der Waals surface area contributed by atoms with Crippen LogP contribution in [0.3, 0.4) is 0 Å². The van der Waals surface area contributed by atoms with E-state index in [1.165, 1.54) is 0 Å². The minimum atomic E-state index is 0.157. The molecule has 1 aliphatic heterocycles. The zero-order valence-electron chi connectivity index (χ0n) is 14.6. The van der Waals surface area contributed by atoms with Crippen LogP contribution in [-0.2, 0) is 18.3 Å². The van der Waals surface area contributed by atoms with E-state index in [0.717, 1.165) is 47.1 Å². The summed E-state index contributed by atoms with van der Waals surface area (Å²) in [5, 5.41) is 6.44. The van der Waals surface area contributed by atoms with Crippen molar-refractivity contribution < 1.29 is 4.79 Å². The van der Waals surface area contributed by atoms with Crippen molar-refractivity contribution >= 4 is 16.6 Å². The highest BCUT2D eigenvalue weighted by atomic mass is 16.1. The first-order valence-corrected chi connectivity index (χ1v) is 8.67. The van der Waals surface area contributed by atoms with Gasteiger partial charge in [0.1, 0.15) is 5.78 Å².